The van der Waals surface area contributed by atoms with Gasteiger partial charge in [0.25, 0.3) is 5.69 Å². The van der Waals surface area contributed by atoms with Crippen LogP contribution in [0.1, 0.15) is 17.3 Å². The van der Waals surface area contributed by atoms with Gasteiger partial charge in [-0.1, -0.05) is 24.3 Å². The number of non-ortho nitro benzene ring substituents is 1. The summed E-state index contributed by atoms with van der Waals surface area (Å²) in [5, 5.41) is 20.2. The molecule has 3 aromatic rings. The molecular formula is C19H15N5O3. The van der Waals surface area contributed by atoms with Crippen LogP contribution in [0.15, 0.2) is 53.5 Å². The van der Waals surface area contributed by atoms with E-state index in [1.807, 2.05) is 30.3 Å². The summed E-state index contributed by atoms with van der Waals surface area (Å²) in [6, 6.07) is 15.3. The monoisotopic (exact) mass is 361 g/mol. The second-order valence-corrected chi connectivity index (χ2v) is 5.87. The normalized spacial score (nSPS) is 12.1. The average Bonchev–Trinajstić information content (AvgIpc) is 2.99. The Kier molecular flexibility index (Phi) is 5.04. The van der Waals surface area contributed by atoms with Crippen molar-refractivity contribution < 1.29 is 9.72 Å². The van der Waals surface area contributed by atoms with Crippen molar-refractivity contribution >= 4 is 28.7 Å². The van der Waals surface area contributed by atoms with Gasteiger partial charge in [0.05, 0.1) is 28.6 Å². The lowest BCUT2D eigenvalue weighted by molar-refractivity contribution is -0.384. The number of hydrogen-bond donors (Lipinski definition) is 0. The van der Waals surface area contributed by atoms with Gasteiger partial charge in [0, 0.05) is 25.4 Å². The lowest BCUT2D eigenvalue weighted by atomic mass is 10.1. The Labute approximate surface area is 154 Å². The first-order valence-corrected chi connectivity index (χ1v) is 8.09. The van der Waals surface area contributed by atoms with E-state index >= 15 is 0 Å². The number of rotatable bonds is 6. The molecule has 1 unspecified atom stereocenters. The van der Waals surface area contributed by atoms with E-state index < -0.39 is 16.6 Å². The first kappa shape index (κ1) is 17.9. The average molecular weight is 361 g/mol. The second kappa shape index (κ2) is 7.58. The molecule has 1 heterocycles. The first-order valence-electron chi connectivity index (χ1n) is 8.09. The third kappa shape index (κ3) is 3.72. The van der Waals surface area contributed by atoms with Gasteiger partial charge in [-0.05, 0) is 17.7 Å². The highest BCUT2D eigenvalue weighted by Gasteiger charge is 2.25. The molecule has 0 bridgehead atoms. The number of para-hydroxylation sites is 2. The van der Waals surface area contributed by atoms with Crippen molar-refractivity contribution in [3.63, 3.8) is 0 Å². The number of nitrogens with zero attached hydrogens (tertiary/aromatic N) is 5. The Hall–Kier alpha value is -3.86. The van der Waals surface area contributed by atoms with Crippen LogP contribution in [-0.2, 0) is 11.8 Å². The summed E-state index contributed by atoms with van der Waals surface area (Å²) in [6.07, 6.45) is 1.38. The first-order chi connectivity index (χ1) is 13.0. The smallest absolute Gasteiger partial charge is 0.270 e. The standard InChI is InChI=1S/C19H15N5O3/c1-23-17-8-3-2-7-16(17)22-19(23)15(10-20)18(25)12-21-11-13-5-4-6-14(9-13)24(26)27/h2-9,11,15H,12H2,1H3. The van der Waals surface area contributed by atoms with Crippen LogP contribution in [-0.4, -0.2) is 33.0 Å². The summed E-state index contributed by atoms with van der Waals surface area (Å²) >= 11 is 0. The predicted octanol–water partition coefficient (Wildman–Crippen LogP) is 2.78. The van der Waals surface area contributed by atoms with Crippen LogP contribution in [0, 0.1) is 21.4 Å². The zero-order chi connectivity index (χ0) is 19.4. The number of aromatic nitrogens is 2. The van der Waals surface area contributed by atoms with Crippen LogP contribution < -0.4 is 0 Å². The molecule has 27 heavy (non-hydrogen) atoms. The molecule has 8 nitrogen and oxygen atoms in total. The maximum Gasteiger partial charge on any atom is 0.270 e. The summed E-state index contributed by atoms with van der Waals surface area (Å²) < 4.78 is 1.73. The SMILES string of the molecule is Cn1c(C(C#N)C(=O)CN=Cc2cccc([N+](=O)[O-])c2)nc2ccccc21. The van der Waals surface area contributed by atoms with Gasteiger partial charge in [-0.2, -0.15) is 5.26 Å². The quantitative estimate of drug-likeness (QED) is 0.380. The van der Waals surface area contributed by atoms with Crippen molar-refractivity contribution in [1.29, 1.82) is 5.26 Å². The van der Waals surface area contributed by atoms with Crippen LogP contribution in [0.3, 0.4) is 0 Å². The van der Waals surface area contributed by atoms with Crippen LogP contribution in [0.5, 0.6) is 0 Å². The van der Waals surface area contributed by atoms with Gasteiger partial charge in [0.1, 0.15) is 5.82 Å². The third-order valence-corrected chi connectivity index (χ3v) is 4.10. The number of ketones is 1. The van der Waals surface area contributed by atoms with Crippen LogP contribution in [0.4, 0.5) is 5.69 Å². The van der Waals surface area contributed by atoms with E-state index in [9.17, 15) is 20.2 Å². The number of aryl methyl sites for hydroxylation is 1. The highest BCUT2D eigenvalue weighted by atomic mass is 16.6. The Balaban J connectivity index is 1.77. The number of nitriles is 1. The van der Waals surface area contributed by atoms with E-state index in [1.54, 1.807) is 23.7 Å². The van der Waals surface area contributed by atoms with Gasteiger partial charge < -0.3 is 4.57 Å². The molecule has 0 spiro atoms. The molecule has 0 saturated heterocycles. The molecule has 2 aromatic carbocycles. The molecule has 0 radical (unpaired) electrons. The summed E-state index contributed by atoms with van der Waals surface area (Å²) in [4.78, 5) is 31.2. The van der Waals surface area contributed by atoms with E-state index in [-0.39, 0.29) is 12.2 Å². The van der Waals surface area contributed by atoms with Crippen LogP contribution in [0.25, 0.3) is 11.0 Å². The molecule has 0 aliphatic carbocycles. The Morgan fingerprint density at radius 1 is 1.37 bits per heavy atom. The molecule has 0 aliphatic heterocycles. The van der Waals surface area contributed by atoms with E-state index in [0.717, 1.165) is 5.52 Å². The minimum Gasteiger partial charge on any atom is -0.330 e. The molecule has 0 amide bonds. The Morgan fingerprint density at radius 3 is 2.85 bits per heavy atom. The molecule has 1 atom stereocenters. The number of carbonyl (C=O) groups excluding carboxylic acids is 1. The fraction of sp³-hybridized carbons (Fsp3) is 0.158. The molecule has 0 N–H and O–H groups in total. The van der Waals surface area contributed by atoms with Gasteiger partial charge in [-0.15, -0.1) is 0 Å². The van der Waals surface area contributed by atoms with Crippen molar-refractivity contribution in [2.45, 2.75) is 5.92 Å². The van der Waals surface area contributed by atoms with Crippen LogP contribution >= 0.6 is 0 Å². The molecule has 8 heteroatoms. The zero-order valence-corrected chi connectivity index (χ0v) is 14.4. The van der Waals surface area contributed by atoms with Gasteiger partial charge in [-0.3, -0.25) is 19.9 Å². The second-order valence-electron chi connectivity index (χ2n) is 5.87. The number of fused-ring (bicyclic) bond motifs is 1. The summed E-state index contributed by atoms with van der Waals surface area (Å²) in [5.74, 6) is -1.06. The highest BCUT2D eigenvalue weighted by Crippen LogP contribution is 2.21. The van der Waals surface area contributed by atoms with E-state index in [0.29, 0.717) is 16.9 Å². The number of hydrogen-bond acceptors (Lipinski definition) is 6. The van der Waals surface area contributed by atoms with Gasteiger partial charge in [-0.25, -0.2) is 4.98 Å². The largest absolute Gasteiger partial charge is 0.330 e. The van der Waals surface area contributed by atoms with Crippen molar-refractivity contribution in [3.05, 3.63) is 70.0 Å². The summed E-state index contributed by atoms with van der Waals surface area (Å²) in [5.41, 5.74) is 2.00. The number of aliphatic imine (C=N–C) groups is 1. The zero-order valence-electron chi connectivity index (χ0n) is 14.4. The molecule has 3 rings (SSSR count). The predicted molar refractivity (Wildman–Crippen MR) is 99.6 cm³/mol. The van der Waals surface area contributed by atoms with E-state index in [1.165, 1.54) is 18.3 Å². The maximum atomic E-state index is 12.5. The maximum absolute atomic E-state index is 12.5. The molecule has 0 fully saturated rings. The topological polar surface area (TPSA) is 114 Å². The molecular weight excluding hydrogens is 346 g/mol. The summed E-state index contributed by atoms with van der Waals surface area (Å²) in [7, 11) is 1.76. The lowest BCUT2D eigenvalue weighted by Gasteiger charge is -2.07. The Bertz CT molecular complexity index is 1090. The van der Waals surface area contributed by atoms with Crippen molar-refractivity contribution in [2.24, 2.45) is 12.0 Å². The number of Topliss-reactive ketones (excluding diaryl/α,β-unsaturated/α-hetero) is 1. The van der Waals surface area contributed by atoms with E-state index in [4.69, 9.17) is 0 Å². The summed E-state index contributed by atoms with van der Waals surface area (Å²) in [6.45, 7) is -0.218. The van der Waals surface area contributed by atoms with E-state index in [2.05, 4.69) is 9.98 Å². The number of nitro groups is 1. The fourth-order valence-electron chi connectivity index (χ4n) is 2.75. The molecule has 1 aromatic heterocycles. The minimum atomic E-state index is -1.04. The van der Waals surface area contributed by atoms with Crippen molar-refractivity contribution in [2.75, 3.05) is 6.54 Å². The number of benzene rings is 2. The minimum absolute atomic E-state index is 0.0557. The van der Waals surface area contributed by atoms with Gasteiger partial charge in [0.15, 0.2) is 11.7 Å². The highest BCUT2D eigenvalue weighted by molar-refractivity contribution is 5.92. The van der Waals surface area contributed by atoms with Crippen molar-refractivity contribution in [3.8, 4) is 6.07 Å². The molecule has 0 aliphatic rings. The molecule has 134 valence electrons. The fourth-order valence-corrected chi connectivity index (χ4v) is 2.75. The van der Waals surface area contributed by atoms with Gasteiger partial charge >= 0.3 is 0 Å². The third-order valence-electron chi connectivity index (χ3n) is 4.10. The number of nitro benzene ring substituents is 1. The van der Waals surface area contributed by atoms with Crippen molar-refractivity contribution in [1.82, 2.24) is 9.55 Å². The number of carbonyl (C=O) groups is 1. The van der Waals surface area contributed by atoms with Crippen LogP contribution in [0.2, 0.25) is 0 Å². The lowest BCUT2D eigenvalue weighted by Crippen LogP contribution is -2.17. The number of imidazole rings is 1. The van der Waals surface area contributed by atoms with Gasteiger partial charge in [0.2, 0.25) is 0 Å². The molecule has 0 saturated carbocycles. The Morgan fingerprint density at radius 2 is 2.15 bits per heavy atom.